The molecular weight excluding hydrogens is 240 g/mol. The highest BCUT2D eigenvalue weighted by molar-refractivity contribution is 5.78. The summed E-state index contributed by atoms with van der Waals surface area (Å²) < 4.78 is 5.07. The second-order valence-corrected chi connectivity index (χ2v) is 4.99. The number of carbonyl (C=O) groups excluding carboxylic acids is 1. The van der Waals surface area contributed by atoms with Gasteiger partial charge in [0.15, 0.2) is 0 Å². The Hall–Kier alpha value is -1.39. The Labute approximate surface area is 114 Å². The van der Waals surface area contributed by atoms with E-state index in [0.29, 0.717) is 13.2 Å². The molecule has 2 rings (SSSR count). The Morgan fingerprint density at radius 1 is 1.26 bits per heavy atom. The number of hydrogen-bond acceptors (Lipinski definition) is 3. The maximum atomic E-state index is 12.0. The van der Waals surface area contributed by atoms with Crippen LogP contribution in [-0.4, -0.2) is 26.1 Å². The van der Waals surface area contributed by atoms with Crippen LogP contribution < -0.4 is 10.6 Å². The van der Waals surface area contributed by atoms with Gasteiger partial charge in [-0.15, -0.1) is 0 Å². The third-order valence-electron chi connectivity index (χ3n) is 3.51. The summed E-state index contributed by atoms with van der Waals surface area (Å²) in [7, 11) is 1.69. The number of amides is 1. The molecule has 19 heavy (non-hydrogen) atoms. The monoisotopic (exact) mass is 262 g/mol. The fraction of sp³-hybridized carbons (Fsp3) is 0.533. The molecule has 0 aliphatic carbocycles. The predicted octanol–water partition coefficient (Wildman–Crippen LogP) is 1.45. The molecule has 0 spiro atoms. The minimum Gasteiger partial charge on any atom is -0.380 e. The van der Waals surface area contributed by atoms with Crippen molar-refractivity contribution in [3.8, 4) is 0 Å². The highest BCUT2D eigenvalue weighted by atomic mass is 16.5. The second kappa shape index (κ2) is 7.26. The van der Waals surface area contributed by atoms with Crippen molar-refractivity contribution < 1.29 is 9.53 Å². The van der Waals surface area contributed by atoms with Crippen molar-refractivity contribution >= 4 is 5.91 Å². The molecule has 1 saturated heterocycles. The first-order valence-electron chi connectivity index (χ1n) is 6.85. The Morgan fingerprint density at radius 2 is 1.89 bits per heavy atom. The van der Waals surface area contributed by atoms with E-state index in [0.717, 1.165) is 37.1 Å². The molecule has 104 valence electrons. The van der Waals surface area contributed by atoms with E-state index in [-0.39, 0.29) is 11.8 Å². The van der Waals surface area contributed by atoms with Crippen LogP contribution in [0.2, 0.25) is 0 Å². The molecule has 1 heterocycles. The number of rotatable bonds is 5. The van der Waals surface area contributed by atoms with E-state index in [4.69, 9.17) is 4.74 Å². The van der Waals surface area contributed by atoms with Gasteiger partial charge in [0.1, 0.15) is 0 Å². The molecule has 0 aromatic heterocycles. The molecular formula is C15H22N2O2. The Bertz CT molecular complexity index is 397. The first-order chi connectivity index (χ1) is 9.29. The smallest absolute Gasteiger partial charge is 0.223 e. The topological polar surface area (TPSA) is 50.4 Å². The zero-order valence-corrected chi connectivity index (χ0v) is 11.4. The van der Waals surface area contributed by atoms with Crippen molar-refractivity contribution in [2.75, 3.05) is 20.2 Å². The first-order valence-corrected chi connectivity index (χ1v) is 6.85. The lowest BCUT2D eigenvalue weighted by Crippen LogP contribution is -2.37. The van der Waals surface area contributed by atoms with Gasteiger partial charge in [0.25, 0.3) is 0 Å². The van der Waals surface area contributed by atoms with Crippen LogP contribution in [0.3, 0.4) is 0 Å². The van der Waals surface area contributed by atoms with Gasteiger partial charge in [-0.1, -0.05) is 24.3 Å². The number of hydrogen-bond donors (Lipinski definition) is 2. The van der Waals surface area contributed by atoms with E-state index < -0.39 is 0 Å². The summed E-state index contributed by atoms with van der Waals surface area (Å²) in [5.41, 5.74) is 2.28. The molecule has 1 aromatic carbocycles. The molecule has 0 saturated carbocycles. The van der Waals surface area contributed by atoms with Crippen LogP contribution in [0.4, 0.5) is 0 Å². The predicted molar refractivity (Wildman–Crippen MR) is 74.6 cm³/mol. The van der Waals surface area contributed by atoms with Gasteiger partial charge in [0.05, 0.1) is 6.61 Å². The molecule has 1 fully saturated rings. The molecule has 2 N–H and O–H groups in total. The largest absolute Gasteiger partial charge is 0.380 e. The van der Waals surface area contributed by atoms with E-state index in [9.17, 15) is 4.79 Å². The highest BCUT2D eigenvalue weighted by Gasteiger charge is 2.20. The molecule has 1 amide bonds. The number of carbonyl (C=O) groups is 1. The number of ether oxygens (including phenoxy) is 1. The molecule has 4 nitrogen and oxygen atoms in total. The molecule has 0 radical (unpaired) electrons. The van der Waals surface area contributed by atoms with Crippen LogP contribution in [0.15, 0.2) is 24.3 Å². The standard InChI is InChI=1S/C15H22N2O2/c1-19-11-13-4-2-12(3-5-13)10-17-15(18)14-6-8-16-9-7-14/h2-5,14,16H,6-11H2,1H3,(H,17,18). The average Bonchev–Trinajstić information content (AvgIpc) is 2.47. The summed E-state index contributed by atoms with van der Waals surface area (Å²) in [5.74, 6) is 0.358. The molecule has 1 aliphatic rings. The minimum absolute atomic E-state index is 0.175. The Morgan fingerprint density at radius 3 is 2.53 bits per heavy atom. The van der Waals surface area contributed by atoms with Crippen LogP contribution in [0.25, 0.3) is 0 Å². The number of nitrogens with one attached hydrogen (secondary N) is 2. The summed E-state index contributed by atoms with van der Waals surface area (Å²) in [6.07, 6.45) is 1.89. The van der Waals surface area contributed by atoms with Crippen LogP contribution in [-0.2, 0) is 22.7 Å². The van der Waals surface area contributed by atoms with Crippen molar-refractivity contribution in [3.05, 3.63) is 35.4 Å². The summed E-state index contributed by atoms with van der Waals surface area (Å²) in [6.45, 7) is 3.13. The van der Waals surface area contributed by atoms with Gasteiger partial charge in [-0.3, -0.25) is 4.79 Å². The van der Waals surface area contributed by atoms with Gasteiger partial charge in [-0.25, -0.2) is 0 Å². The first kappa shape index (κ1) is 14.0. The SMILES string of the molecule is COCc1ccc(CNC(=O)C2CCNCC2)cc1. The van der Waals surface area contributed by atoms with Gasteiger partial charge in [0, 0.05) is 19.6 Å². The number of benzene rings is 1. The molecule has 0 unspecified atom stereocenters. The lowest BCUT2D eigenvalue weighted by molar-refractivity contribution is -0.125. The van der Waals surface area contributed by atoms with Crippen LogP contribution in [0, 0.1) is 5.92 Å². The van der Waals surface area contributed by atoms with E-state index in [2.05, 4.69) is 10.6 Å². The van der Waals surface area contributed by atoms with Crippen molar-refractivity contribution in [2.45, 2.75) is 26.0 Å². The van der Waals surface area contributed by atoms with Crippen molar-refractivity contribution in [1.82, 2.24) is 10.6 Å². The van der Waals surface area contributed by atoms with E-state index in [1.165, 1.54) is 0 Å². The van der Waals surface area contributed by atoms with Crippen molar-refractivity contribution in [2.24, 2.45) is 5.92 Å². The molecule has 1 aromatic rings. The highest BCUT2D eigenvalue weighted by Crippen LogP contribution is 2.12. The summed E-state index contributed by atoms with van der Waals surface area (Å²) in [4.78, 5) is 12.0. The van der Waals surface area contributed by atoms with E-state index >= 15 is 0 Å². The van der Waals surface area contributed by atoms with E-state index in [1.54, 1.807) is 7.11 Å². The third-order valence-corrected chi connectivity index (χ3v) is 3.51. The third kappa shape index (κ3) is 4.33. The summed E-state index contributed by atoms with van der Waals surface area (Å²) in [6, 6.07) is 8.15. The van der Waals surface area contributed by atoms with E-state index in [1.807, 2.05) is 24.3 Å². The van der Waals surface area contributed by atoms with Crippen LogP contribution in [0.1, 0.15) is 24.0 Å². The van der Waals surface area contributed by atoms with Gasteiger partial charge < -0.3 is 15.4 Å². The zero-order valence-electron chi connectivity index (χ0n) is 11.4. The Balaban J connectivity index is 1.79. The van der Waals surface area contributed by atoms with Gasteiger partial charge in [-0.05, 0) is 37.1 Å². The number of methoxy groups -OCH3 is 1. The average molecular weight is 262 g/mol. The molecule has 0 bridgehead atoms. The number of piperidine rings is 1. The van der Waals surface area contributed by atoms with Crippen molar-refractivity contribution in [1.29, 1.82) is 0 Å². The molecule has 0 atom stereocenters. The second-order valence-electron chi connectivity index (χ2n) is 4.99. The maximum absolute atomic E-state index is 12.0. The van der Waals surface area contributed by atoms with Crippen molar-refractivity contribution in [3.63, 3.8) is 0 Å². The zero-order chi connectivity index (χ0) is 13.5. The summed E-state index contributed by atoms with van der Waals surface area (Å²) in [5, 5.41) is 6.29. The quantitative estimate of drug-likeness (QED) is 0.844. The van der Waals surface area contributed by atoms with Gasteiger partial charge >= 0.3 is 0 Å². The molecule has 1 aliphatic heterocycles. The maximum Gasteiger partial charge on any atom is 0.223 e. The molecule has 4 heteroatoms. The summed E-state index contributed by atoms with van der Waals surface area (Å²) >= 11 is 0. The minimum atomic E-state index is 0.175. The van der Waals surface area contributed by atoms with Gasteiger partial charge in [-0.2, -0.15) is 0 Å². The Kier molecular flexibility index (Phi) is 5.36. The normalized spacial score (nSPS) is 16.3. The van der Waals surface area contributed by atoms with Gasteiger partial charge in [0.2, 0.25) is 5.91 Å². The fourth-order valence-corrected chi connectivity index (χ4v) is 2.34. The lowest BCUT2D eigenvalue weighted by atomic mass is 9.97. The lowest BCUT2D eigenvalue weighted by Gasteiger charge is -2.21. The van der Waals surface area contributed by atoms with Crippen LogP contribution in [0.5, 0.6) is 0 Å². The van der Waals surface area contributed by atoms with Crippen LogP contribution >= 0.6 is 0 Å². The fourth-order valence-electron chi connectivity index (χ4n) is 2.34.